The minimum Gasteiger partial charge on any atom is -0.176 e. The molecule has 1 heteroatoms. The van der Waals surface area contributed by atoms with E-state index in [9.17, 15) is 0 Å². The molecule has 0 bridgehead atoms. The van der Waals surface area contributed by atoms with Gasteiger partial charge in [-0.25, -0.2) is 0 Å². The first-order chi connectivity index (χ1) is 6.43. The van der Waals surface area contributed by atoms with Crippen LogP contribution in [-0.4, -0.2) is 5.25 Å². The standard InChI is InChI=1S/C13H26S/c1-6-13(7-9(2)3)8-12(14)10(4)11(13)5/h9-12,14H,6-8H2,1-5H3. The zero-order valence-corrected chi connectivity index (χ0v) is 11.3. The Morgan fingerprint density at radius 2 is 1.93 bits per heavy atom. The second kappa shape index (κ2) is 4.47. The molecule has 4 atom stereocenters. The molecular weight excluding hydrogens is 188 g/mol. The summed E-state index contributed by atoms with van der Waals surface area (Å²) in [4.78, 5) is 0. The van der Waals surface area contributed by atoms with E-state index in [2.05, 4.69) is 34.6 Å². The fourth-order valence-electron chi connectivity index (χ4n) is 3.37. The van der Waals surface area contributed by atoms with Gasteiger partial charge in [0.15, 0.2) is 0 Å². The Bertz CT molecular complexity index is 184. The van der Waals surface area contributed by atoms with Gasteiger partial charge < -0.3 is 0 Å². The Morgan fingerprint density at radius 1 is 1.36 bits per heavy atom. The smallest absolute Gasteiger partial charge is 0.00505 e. The predicted octanol–water partition coefficient (Wildman–Crippen LogP) is 4.40. The van der Waals surface area contributed by atoms with Gasteiger partial charge in [0.25, 0.3) is 0 Å². The fourth-order valence-corrected chi connectivity index (χ4v) is 3.99. The van der Waals surface area contributed by atoms with Crippen LogP contribution in [0.25, 0.3) is 0 Å². The molecule has 0 N–H and O–H groups in total. The van der Waals surface area contributed by atoms with Crippen LogP contribution in [0.2, 0.25) is 0 Å². The van der Waals surface area contributed by atoms with Crippen LogP contribution in [-0.2, 0) is 0 Å². The highest BCUT2D eigenvalue weighted by atomic mass is 32.1. The summed E-state index contributed by atoms with van der Waals surface area (Å²) >= 11 is 4.74. The molecule has 0 aromatic carbocycles. The molecule has 4 unspecified atom stereocenters. The summed E-state index contributed by atoms with van der Waals surface area (Å²) < 4.78 is 0. The molecule has 0 heterocycles. The van der Waals surface area contributed by atoms with Crippen LogP contribution in [0.4, 0.5) is 0 Å². The van der Waals surface area contributed by atoms with Crippen LogP contribution in [0.3, 0.4) is 0 Å². The lowest BCUT2D eigenvalue weighted by Gasteiger charge is -2.35. The van der Waals surface area contributed by atoms with E-state index >= 15 is 0 Å². The number of thiol groups is 1. The molecule has 0 aliphatic heterocycles. The number of hydrogen-bond donors (Lipinski definition) is 1. The number of hydrogen-bond acceptors (Lipinski definition) is 1. The molecule has 0 radical (unpaired) electrons. The normalized spacial score (nSPS) is 43.5. The molecular formula is C13H26S. The maximum absolute atomic E-state index is 4.74. The van der Waals surface area contributed by atoms with Gasteiger partial charge in [0.2, 0.25) is 0 Å². The molecule has 84 valence electrons. The summed E-state index contributed by atoms with van der Waals surface area (Å²) in [5.74, 6) is 2.46. The summed E-state index contributed by atoms with van der Waals surface area (Å²) in [6.07, 6.45) is 4.03. The van der Waals surface area contributed by atoms with Gasteiger partial charge in [0.1, 0.15) is 0 Å². The maximum atomic E-state index is 4.74. The molecule has 0 aromatic rings. The van der Waals surface area contributed by atoms with Gasteiger partial charge in [-0.15, -0.1) is 0 Å². The van der Waals surface area contributed by atoms with E-state index < -0.39 is 0 Å². The van der Waals surface area contributed by atoms with E-state index in [-0.39, 0.29) is 0 Å². The van der Waals surface area contributed by atoms with Gasteiger partial charge in [-0.2, -0.15) is 12.6 Å². The topological polar surface area (TPSA) is 0 Å². The third-order valence-electron chi connectivity index (χ3n) is 4.50. The lowest BCUT2D eigenvalue weighted by Crippen LogP contribution is -2.26. The van der Waals surface area contributed by atoms with Crippen molar-refractivity contribution in [1.29, 1.82) is 0 Å². The molecule has 0 amide bonds. The van der Waals surface area contributed by atoms with Gasteiger partial charge >= 0.3 is 0 Å². The Kier molecular flexibility index (Phi) is 3.96. The first kappa shape index (κ1) is 12.4. The van der Waals surface area contributed by atoms with Crippen molar-refractivity contribution in [3.05, 3.63) is 0 Å². The second-order valence-corrected chi connectivity index (χ2v) is 6.40. The molecule has 0 nitrogen and oxygen atoms in total. The fraction of sp³-hybridized carbons (Fsp3) is 1.00. The van der Waals surface area contributed by atoms with Crippen molar-refractivity contribution in [3.8, 4) is 0 Å². The average Bonchev–Trinajstić information content (AvgIpc) is 2.31. The minimum atomic E-state index is 0.583. The van der Waals surface area contributed by atoms with Gasteiger partial charge in [0, 0.05) is 5.25 Å². The monoisotopic (exact) mass is 214 g/mol. The Hall–Kier alpha value is 0.350. The molecule has 1 aliphatic carbocycles. The Morgan fingerprint density at radius 3 is 2.21 bits per heavy atom. The van der Waals surface area contributed by atoms with E-state index in [0.717, 1.165) is 17.8 Å². The zero-order chi connectivity index (χ0) is 10.9. The van der Waals surface area contributed by atoms with Crippen molar-refractivity contribution < 1.29 is 0 Å². The highest BCUT2D eigenvalue weighted by molar-refractivity contribution is 7.81. The predicted molar refractivity (Wildman–Crippen MR) is 67.9 cm³/mol. The van der Waals surface area contributed by atoms with Crippen molar-refractivity contribution in [2.24, 2.45) is 23.2 Å². The third kappa shape index (κ3) is 2.13. The van der Waals surface area contributed by atoms with Crippen LogP contribution < -0.4 is 0 Å². The van der Waals surface area contributed by atoms with Gasteiger partial charge in [-0.05, 0) is 36.0 Å². The quantitative estimate of drug-likeness (QED) is 0.661. The molecule has 0 spiro atoms. The van der Waals surface area contributed by atoms with Gasteiger partial charge in [-0.1, -0.05) is 41.0 Å². The van der Waals surface area contributed by atoms with E-state index in [1.807, 2.05) is 0 Å². The third-order valence-corrected chi connectivity index (χ3v) is 5.15. The number of rotatable bonds is 3. The van der Waals surface area contributed by atoms with Crippen LogP contribution in [0.5, 0.6) is 0 Å². The van der Waals surface area contributed by atoms with Crippen LogP contribution in [0, 0.1) is 23.2 Å². The van der Waals surface area contributed by atoms with Gasteiger partial charge in [-0.3, -0.25) is 0 Å². The SMILES string of the molecule is CCC1(CC(C)C)CC(S)C(C)C1C. The molecule has 1 aliphatic rings. The molecule has 1 saturated carbocycles. The van der Waals surface area contributed by atoms with Crippen LogP contribution in [0.1, 0.15) is 53.9 Å². The van der Waals surface area contributed by atoms with Crippen LogP contribution >= 0.6 is 12.6 Å². The minimum absolute atomic E-state index is 0.583. The van der Waals surface area contributed by atoms with E-state index in [4.69, 9.17) is 12.6 Å². The van der Waals surface area contributed by atoms with Crippen molar-refractivity contribution in [2.75, 3.05) is 0 Å². The van der Waals surface area contributed by atoms with E-state index in [0.29, 0.717) is 10.7 Å². The summed E-state index contributed by atoms with van der Waals surface area (Å²) in [5.41, 5.74) is 0.583. The van der Waals surface area contributed by atoms with Crippen LogP contribution in [0.15, 0.2) is 0 Å². The lowest BCUT2D eigenvalue weighted by molar-refractivity contribution is 0.144. The average molecular weight is 214 g/mol. The van der Waals surface area contributed by atoms with E-state index in [1.54, 1.807) is 0 Å². The first-order valence-corrected chi connectivity index (χ1v) is 6.62. The Balaban J connectivity index is 2.79. The van der Waals surface area contributed by atoms with Crippen molar-refractivity contribution in [1.82, 2.24) is 0 Å². The summed E-state index contributed by atoms with van der Waals surface area (Å²) in [6, 6.07) is 0. The Labute approximate surface area is 95.3 Å². The summed E-state index contributed by atoms with van der Waals surface area (Å²) in [5, 5.41) is 0.628. The molecule has 1 fully saturated rings. The molecule has 0 saturated heterocycles. The van der Waals surface area contributed by atoms with Gasteiger partial charge in [0.05, 0.1) is 0 Å². The summed E-state index contributed by atoms with van der Waals surface area (Å²) in [7, 11) is 0. The second-order valence-electron chi connectivity index (χ2n) is 5.73. The van der Waals surface area contributed by atoms with Crippen molar-refractivity contribution in [2.45, 2.75) is 59.1 Å². The lowest BCUT2D eigenvalue weighted by atomic mass is 9.70. The molecule has 14 heavy (non-hydrogen) atoms. The molecule has 1 rings (SSSR count). The largest absolute Gasteiger partial charge is 0.176 e. The molecule has 0 aromatic heterocycles. The highest BCUT2D eigenvalue weighted by Crippen LogP contribution is 2.54. The summed E-state index contributed by atoms with van der Waals surface area (Å²) in [6.45, 7) is 11.9. The highest BCUT2D eigenvalue weighted by Gasteiger charge is 2.46. The van der Waals surface area contributed by atoms with Crippen molar-refractivity contribution >= 4 is 12.6 Å². The van der Waals surface area contributed by atoms with E-state index in [1.165, 1.54) is 19.3 Å². The maximum Gasteiger partial charge on any atom is 0.00505 e. The zero-order valence-electron chi connectivity index (χ0n) is 10.4. The van der Waals surface area contributed by atoms with Crippen molar-refractivity contribution in [3.63, 3.8) is 0 Å². The first-order valence-electron chi connectivity index (χ1n) is 6.11.